The molecule has 0 radical (unpaired) electrons. The number of carbonyl (C=O) groups excluding carboxylic acids is 5. The van der Waals surface area contributed by atoms with E-state index in [1.54, 1.807) is 30.0 Å². The summed E-state index contributed by atoms with van der Waals surface area (Å²) in [6, 6.07) is 21.1. The maximum absolute atomic E-state index is 14.5. The average Bonchev–Trinajstić information content (AvgIpc) is 3.78. The number of carboxylic acid groups (broad SMARTS) is 1. The quantitative estimate of drug-likeness (QED) is 0.153. The van der Waals surface area contributed by atoms with Crippen LogP contribution in [-0.4, -0.2) is 82.7 Å². The average molecular weight is 834 g/mol. The van der Waals surface area contributed by atoms with E-state index in [0.717, 1.165) is 22.3 Å². The maximum Gasteiger partial charge on any atom is 0.325 e. The SMILES string of the molecule is C[C@@H](NC(=O)[C@@H]1CC2C=CC(=CC2)OCC(=O)N[C@H](CC2CC=CS2)C(=O)N[C@@H](Cc2ccc(-c3ccccc3)cc2)C(=O)N[C@H](CCc2ccccc2)C(=O)N1)C(=O)O. The Bertz CT molecular complexity index is 2080. The summed E-state index contributed by atoms with van der Waals surface area (Å²) in [5.41, 5.74) is 3.64. The molecule has 5 amide bonds. The number of rotatable bonds is 11. The second-order valence-corrected chi connectivity index (χ2v) is 16.5. The molecule has 60 heavy (non-hydrogen) atoms. The molecule has 2 bridgehead atoms. The van der Waals surface area contributed by atoms with E-state index in [1.165, 1.54) is 6.92 Å². The number of allylic oxidation sites excluding steroid dienone is 4. The van der Waals surface area contributed by atoms with Crippen molar-refractivity contribution in [3.8, 4) is 11.1 Å². The molecule has 0 saturated carbocycles. The Hall–Kier alpha value is -6.15. The molecule has 3 aromatic rings. The predicted molar refractivity (Wildman–Crippen MR) is 229 cm³/mol. The molecule has 4 aliphatic rings. The fourth-order valence-electron chi connectivity index (χ4n) is 7.25. The minimum Gasteiger partial charge on any atom is -0.484 e. The second-order valence-electron chi connectivity index (χ2n) is 15.3. The van der Waals surface area contributed by atoms with Gasteiger partial charge in [-0.1, -0.05) is 97.1 Å². The van der Waals surface area contributed by atoms with Crippen LogP contribution in [0.2, 0.25) is 0 Å². The summed E-state index contributed by atoms with van der Waals surface area (Å²) in [7, 11) is 0. The fourth-order valence-corrected chi connectivity index (χ4v) is 8.22. The van der Waals surface area contributed by atoms with Crippen LogP contribution in [0.4, 0.5) is 0 Å². The first-order valence-corrected chi connectivity index (χ1v) is 21.2. The summed E-state index contributed by atoms with van der Waals surface area (Å²) in [6.45, 7) is 0.963. The van der Waals surface area contributed by atoms with Gasteiger partial charge in [-0.15, -0.1) is 11.8 Å². The number of aliphatic carboxylic acids is 1. The van der Waals surface area contributed by atoms with Crippen molar-refractivity contribution in [3.05, 3.63) is 132 Å². The standard InChI is InChI=1S/C46H51N5O8S/c1-29(46(57)58)47-43(54)38-26-32-16-21-35(22-17-32)59-28-41(52)48-40(27-36-13-8-24-60-36)45(56)51-39(25-31-14-19-34(20-15-31)33-11-6-3-7-12-33)44(55)49-37(42(53)50-38)23-18-30-9-4-2-5-10-30/h2-12,14-16,19-22,24,29,32,36-40H,13,17-18,23,25-28H2,1H3,(H,47,54)(H,48,52)(H,49,55)(H,50,53)(H,51,56)(H,57,58)/t29-,32?,36?,37-,38+,39+,40-/m1/s1. The van der Waals surface area contributed by atoms with Gasteiger partial charge in [-0.25, -0.2) is 0 Å². The number of amides is 5. The third-order valence-electron chi connectivity index (χ3n) is 10.7. The van der Waals surface area contributed by atoms with E-state index >= 15 is 0 Å². The van der Waals surface area contributed by atoms with Crippen LogP contribution in [0.25, 0.3) is 11.1 Å². The monoisotopic (exact) mass is 833 g/mol. The van der Waals surface area contributed by atoms with Crippen LogP contribution in [0.5, 0.6) is 0 Å². The van der Waals surface area contributed by atoms with Crippen molar-refractivity contribution in [3.63, 3.8) is 0 Å². The van der Waals surface area contributed by atoms with Gasteiger partial charge in [-0.2, -0.15) is 0 Å². The minimum absolute atomic E-state index is 0.0250. The van der Waals surface area contributed by atoms with E-state index in [2.05, 4.69) is 26.6 Å². The third kappa shape index (κ3) is 12.7. The summed E-state index contributed by atoms with van der Waals surface area (Å²) < 4.78 is 5.80. The number of carbonyl (C=O) groups is 6. The van der Waals surface area contributed by atoms with Gasteiger partial charge in [0.15, 0.2) is 6.61 Å². The van der Waals surface area contributed by atoms with Crippen molar-refractivity contribution < 1.29 is 38.6 Å². The molecule has 3 heterocycles. The van der Waals surface area contributed by atoms with E-state index < -0.39 is 65.7 Å². The highest BCUT2D eigenvalue weighted by Crippen LogP contribution is 2.28. The normalized spacial score (nSPS) is 24.2. The fraction of sp³-hybridized carbons (Fsp3) is 0.348. The van der Waals surface area contributed by atoms with Gasteiger partial charge in [0.1, 0.15) is 36.0 Å². The van der Waals surface area contributed by atoms with Gasteiger partial charge in [0, 0.05) is 11.7 Å². The number of thioether (sulfide) groups is 1. The molecule has 1 aliphatic carbocycles. The highest BCUT2D eigenvalue weighted by molar-refractivity contribution is 8.03. The van der Waals surface area contributed by atoms with E-state index in [1.807, 2.05) is 96.4 Å². The lowest BCUT2D eigenvalue weighted by Gasteiger charge is -2.28. The Morgan fingerprint density at radius 2 is 1.47 bits per heavy atom. The molecule has 7 atom stereocenters. The molecule has 3 aliphatic heterocycles. The Morgan fingerprint density at radius 1 is 0.800 bits per heavy atom. The van der Waals surface area contributed by atoms with E-state index in [0.29, 0.717) is 31.4 Å². The largest absolute Gasteiger partial charge is 0.484 e. The van der Waals surface area contributed by atoms with Gasteiger partial charge in [-0.3, -0.25) is 28.8 Å². The molecule has 6 N–H and O–H groups in total. The van der Waals surface area contributed by atoms with Gasteiger partial charge in [0.05, 0.1) is 0 Å². The smallest absolute Gasteiger partial charge is 0.325 e. The topological polar surface area (TPSA) is 192 Å². The molecule has 0 spiro atoms. The molecule has 0 saturated heterocycles. The summed E-state index contributed by atoms with van der Waals surface area (Å²) in [5, 5.41) is 25.4. The zero-order valence-electron chi connectivity index (χ0n) is 33.4. The van der Waals surface area contributed by atoms with Crippen molar-refractivity contribution in [2.45, 2.75) is 87.3 Å². The van der Waals surface area contributed by atoms with Crippen molar-refractivity contribution in [1.29, 1.82) is 0 Å². The Morgan fingerprint density at radius 3 is 2.13 bits per heavy atom. The Labute approximate surface area is 353 Å². The zero-order chi connectivity index (χ0) is 42.4. The molecule has 14 heteroatoms. The van der Waals surface area contributed by atoms with Crippen LogP contribution in [-0.2, 0) is 46.3 Å². The van der Waals surface area contributed by atoms with E-state index in [-0.39, 0.29) is 37.0 Å². The van der Waals surface area contributed by atoms with Gasteiger partial charge < -0.3 is 36.4 Å². The summed E-state index contributed by atoms with van der Waals surface area (Å²) in [6.07, 6.45) is 9.38. The van der Waals surface area contributed by atoms with Crippen LogP contribution >= 0.6 is 11.8 Å². The number of benzene rings is 3. The highest BCUT2D eigenvalue weighted by atomic mass is 32.2. The highest BCUT2D eigenvalue weighted by Gasteiger charge is 2.34. The first-order chi connectivity index (χ1) is 29.0. The number of ether oxygens (including phenoxy) is 1. The minimum atomic E-state index is -1.24. The van der Waals surface area contributed by atoms with Gasteiger partial charge in [0.2, 0.25) is 23.6 Å². The predicted octanol–water partition coefficient (Wildman–Crippen LogP) is 4.35. The molecular weight excluding hydrogens is 783 g/mol. The number of nitrogens with one attached hydrogen (secondary N) is 5. The van der Waals surface area contributed by atoms with E-state index in [9.17, 15) is 33.9 Å². The molecule has 2 unspecified atom stereocenters. The molecule has 3 aromatic carbocycles. The molecule has 7 rings (SSSR count). The molecule has 13 nitrogen and oxygen atoms in total. The Balaban J connectivity index is 1.33. The maximum atomic E-state index is 14.5. The van der Waals surface area contributed by atoms with Crippen LogP contribution < -0.4 is 26.6 Å². The number of carboxylic acids is 1. The first-order valence-electron chi connectivity index (χ1n) is 20.2. The van der Waals surface area contributed by atoms with Crippen LogP contribution in [0, 0.1) is 5.92 Å². The van der Waals surface area contributed by atoms with Crippen molar-refractivity contribution >= 4 is 47.3 Å². The second kappa shape index (κ2) is 21.2. The summed E-state index contributed by atoms with van der Waals surface area (Å²) in [5.74, 6) is -4.14. The van der Waals surface area contributed by atoms with Crippen molar-refractivity contribution in [1.82, 2.24) is 26.6 Å². The molecule has 0 aromatic heterocycles. The summed E-state index contributed by atoms with van der Waals surface area (Å²) >= 11 is 1.57. The summed E-state index contributed by atoms with van der Waals surface area (Å²) in [4.78, 5) is 81.7. The van der Waals surface area contributed by atoms with Crippen LogP contribution in [0.3, 0.4) is 0 Å². The third-order valence-corrected chi connectivity index (χ3v) is 11.8. The number of hydrogen-bond acceptors (Lipinski definition) is 8. The lowest BCUT2D eigenvalue weighted by molar-refractivity contribution is -0.142. The van der Waals surface area contributed by atoms with Gasteiger partial charge in [-0.05, 0) is 91.2 Å². The van der Waals surface area contributed by atoms with Crippen LogP contribution in [0.15, 0.2) is 120 Å². The number of hydrogen-bond donors (Lipinski definition) is 6. The lowest BCUT2D eigenvalue weighted by atomic mass is 9.92. The van der Waals surface area contributed by atoms with Gasteiger partial charge >= 0.3 is 5.97 Å². The molecular formula is C46H51N5O8S. The lowest BCUT2D eigenvalue weighted by Crippen LogP contribution is -2.59. The zero-order valence-corrected chi connectivity index (χ0v) is 34.2. The van der Waals surface area contributed by atoms with Crippen LogP contribution in [0.1, 0.15) is 50.2 Å². The first kappa shape index (κ1) is 43.4. The van der Waals surface area contributed by atoms with Crippen molar-refractivity contribution in [2.24, 2.45) is 5.92 Å². The molecule has 314 valence electrons. The Kier molecular flexibility index (Phi) is 15.4. The number of fused-ring (bicyclic) bond motifs is 15. The number of aryl methyl sites for hydroxylation is 1. The van der Waals surface area contributed by atoms with E-state index in [4.69, 9.17) is 4.74 Å². The van der Waals surface area contributed by atoms with Crippen molar-refractivity contribution in [2.75, 3.05) is 6.61 Å². The molecule has 0 fully saturated rings. The van der Waals surface area contributed by atoms with Gasteiger partial charge in [0.25, 0.3) is 5.91 Å².